The molecule has 5 rings (SSSR count). The van der Waals surface area contributed by atoms with Gasteiger partial charge in [0.05, 0.1) is 11.5 Å². The lowest BCUT2D eigenvalue weighted by molar-refractivity contribution is -0.248. The van der Waals surface area contributed by atoms with E-state index in [1.54, 1.807) is 0 Å². The minimum absolute atomic E-state index is 0.0202. The summed E-state index contributed by atoms with van der Waals surface area (Å²) in [6.07, 6.45) is 10.5. The van der Waals surface area contributed by atoms with Crippen LogP contribution in [0.25, 0.3) is 0 Å². The highest BCUT2D eigenvalue weighted by atomic mass is 16.4. The first kappa shape index (κ1) is 23.9. The van der Waals surface area contributed by atoms with Crippen molar-refractivity contribution in [3.8, 4) is 0 Å². The van der Waals surface area contributed by atoms with Gasteiger partial charge in [0, 0.05) is 0 Å². The lowest BCUT2D eigenvalue weighted by Crippen LogP contribution is -2.67. The quantitative estimate of drug-likeness (QED) is 0.436. The maximum atomic E-state index is 12.8. The molecule has 0 bridgehead atoms. The molecular formula is C30H48O3. The van der Waals surface area contributed by atoms with Crippen molar-refractivity contribution in [1.29, 1.82) is 0 Å². The summed E-state index contributed by atoms with van der Waals surface area (Å²) in [6.45, 7) is 18.8. The van der Waals surface area contributed by atoms with Crippen molar-refractivity contribution in [3.63, 3.8) is 0 Å². The van der Waals surface area contributed by atoms with Crippen LogP contribution in [0.15, 0.2) is 12.2 Å². The molecule has 5 saturated carbocycles. The zero-order valence-electron chi connectivity index (χ0n) is 22.0. The molecule has 0 spiro atoms. The number of allylic oxidation sites excluding steroid dienone is 1. The Morgan fingerprint density at radius 1 is 0.818 bits per heavy atom. The van der Waals surface area contributed by atoms with E-state index in [1.165, 1.54) is 31.3 Å². The van der Waals surface area contributed by atoms with E-state index in [-0.39, 0.29) is 33.7 Å². The molecule has 0 saturated heterocycles. The number of hydrogen-bond acceptors (Lipinski definition) is 2. The normalized spacial score (nSPS) is 55.0. The van der Waals surface area contributed by atoms with Gasteiger partial charge in [0.2, 0.25) is 0 Å². The fraction of sp³-hybridized carbons (Fsp3) is 0.900. The Labute approximate surface area is 201 Å². The van der Waals surface area contributed by atoms with Crippen molar-refractivity contribution in [3.05, 3.63) is 12.2 Å². The van der Waals surface area contributed by atoms with E-state index in [2.05, 4.69) is 48.1 Å². The Morgan fingerprint density at radius 3 is 2.15 bits per heavy atom. The highest BCUT2D eigenvalue weighted by molar-refractivity contribution is 5.76. The first-order chi connectivity index (χ1) is 15.3. The van der Waals surface area contributed by atoms with E-state index in [0.29, 0.717) is 23.7 Å². The van der Waals surface area contributed by atoms with Gasteiger partial charge in [0.25, 0.3) is 0 Å². The zero-order valence-corrected chi connectivity index (χ0v) is 22.0. The molecule has 0 heterocycles. The van der Waals surface area contributed by atoms with E-state index < -0.39 is 11.4 Å². The molecule has 0 aromatic carbocycles. The van der Waals surface area contributed by atoms with Crippen LogP contribution in [0.3, 0.4) is 0 Å². The van der Waals surface area contributed by atoms with E-state index in [1.807, 2.05) is 0 Å². The van der Waals surface area contributed by atoms with Gasteiger partial charge in [-0.2, -0.15) is 0 Å². The van der Waals surface area contributed by atoms with Crippen molar-refractivity contribution < 1.29 is 15.0 Å². The Morgan fingerprint density at radius 2 is 1.52 bits per heavy atom. The monoisotopic (exact) mass is 456 g/mol. The molecule has 2 N–H and O–H groups in total. The largest absolute Gasteiger partial charge is 0.481 e. The van der Waals surface area contributed by atoms with Crippen LogP contribution in [-0.4, -0.2) is 22.3 Å². The molecule has 186 valence electrons. The van der Waals surface area contributed by atoms with Crippen molar-refractivity contribution in [2.75, 3.05) is 0 Å². The van der Waals surface area contributed by atoms with Crippen LogP contribution in [0.4, 0.5) is 0 Å². The average molecular weight is 457 g/mol. The number of rotatable bonds is 2. The van der Waals surface area contributed by atoms with Crippen molar-refractivity contribution in [2.45, 2.75) is 112 Å². The summed E-state index contributed by atoms with van der Waals surface area (Å²) in [7, 11) is 0. The number of carbonyl (C=O) groups is 1. The molecular weight excluding hydrogens is 408 g/mol. The maximum Gasteiger partial charge on any atom is 0.309 e. The Bertz CT molecular complexity index is 861. The van der Waals surface area contributed by atoms with Gasteiger partial charge in [0.15, 0.2) is 0 Å². The first-order valence-electron chi connectivity index (χ1n) is 13.8. The Hall–Kier alpha value is -0.830. The molecule has 5 aliphatic rings. The van der Waals surface area contributed by atoms with Crippen LogP contribution in [0.1, 0.15) is 106 Å². The third-order valence-electron chi connectivity index (χ3n) is 13.5. The zero-order chi connectivity index (χ0) is 24.2. The van der Waals surface area contributed by atoms with Crippen LogP contribution >= 0.6 is 0 Å². The van der Waals surface area contributed by atoms with Gasteiger partial charge in [-0.1, -0.05) is 46.8 Å². The van der Waals surface area contributed by atoms with E-state index >= 15 is 0 Å². The second-order valence-corrected chi connectivity index (χ2v) is 14.5. The maximum absolute atomic E-state index is 12.8. The fourth-order valence-corrected chi connectivity index (χ4v) is 11.5. The van der Waals surface area contributed by atoms with Gasteiger partial charge < -0.3 is 10.2 Å². The van der Waals surface area contributed by atoms with Crippen molar-refractivity contribution in [2.24, 2.45) is 56.7 Å². The molecule has 5 aliphatic carbocycles. The van der Waals surface area contributed by atoms with E-state index in [0.717, 1.165) is 38.5 Å². The summed E-state index contributed by atoms with van der Waals surface area (Å²) in [6, 6.07) is 0. The van der Waals surface area contributed by atoms with Crippen LogP contribution in [0, 0.1) is 56.7 Å². The second kappa shape index (κ2) is 7.11. The minimum atomic E-state index is -0.538. The van der Waals surface area contributed by atoms with Gasteiger partial charge in [-0.3, -0.25) is 4.79 Å². The number of fused-ring (bicyclic) bond motifs is 7. The van der Waals surface area contributed by atoms with Crippen LogP contribution in [0.2, 0.25) is 0 Å². The summed E-state index contributed by atoms with van der Waals surface area (Å²) in [4.78, 5) is 12.8. The van der Waals surface area contributed by atoms with Crippen LogP contribution in [-0.2, 0) is 4.79 Å². The summed E-state index contributed by atoms with van der Waals surface area (Å²) in [5.41, 5.74) is 1.35. The van der Waals surface area contributed by atoms with E-state index in [4.69, 9.17) is 0 Å². The third kappa shape index (κ3) is 2.75. The van der Waals surface area contributed by atoms with E-state index in [9.17, 15) is 15.0 Å². The predicted molar refractivity (Wildman–Crippen MR) is 133 cm³/mol. The number of carboxylic acid groups (broad SMARTS) is 1. The molecule has 3 nitrogen and oxygen atoms in total. The fourth-order valence-electron chi connectivity index (χ4n) is 11.5. The predicted octanol–water partition coefficient (Wildman–Crippen LogP) is 7.09. The highest BCUT2D eigenvalue weighted by Crippen LogP contribution is 2.77. The summed E-state index contributed by atoms with van der Waals surface area (Å²) in [5.74, 6) is 1.79. The number of aliphatic hydroxyl groups excluding tert-OH is 1. The molecule has 0 radical (unpaired) electrons. The molecule has 5 fully saturated rings. The van der Waals surface area contributed by atoms with Gasteiger partial charge in [-0.05, 0) is 122 Å². The van der Waals surface area contributed by atoms with Crippen LogP contribution < -0.4 is 0 Å². The number of carboxylic acids is 1. The van der Waals surface area contributed by atoms with Crippen molar-refractivity contribution >= 4 is 5.97 Å². The van der Waals surface area contributed by atoms with Crippen LogP contribution in [0.5, 0.6) is 0 Å². The SMILES string of the molecule is C=C(C)[C@H]1CC[C@@]2(C(=O)O)CC[C@]3(C)[C@H](CC[C@H]4[C@@]5(C)CC[C@H](O)C(C)(C)[C@H]5CC[C@@]43C)[C@@H]12. The third-order valence-corrected chi connectivity index (χ3v) is 13.5. The van der Waals surface area contributed by atoms with Crippen molar-refractivity contribution in [1.82, 2.24) is 0 Å². The van der Waals surface area contributed by atoms with Gasteiger partial charge in [0.1, 0.15) is 0 Å². The molecule has 0 aliphatic heterocycles. The standard InChI is InChI=1S/C30H48O3/c1-18(2)19-10-15-30(25(32)33)17-16-28(6)20(24(19)30)8-9-22-27(5)13-12-23(31)26(3,4)21(27)11-14-29(22,28)7/h19-24,31H,1,8-17H2,2-7H3,(H,32,33)/t19-,20-,21-,22+,23+,24-,27+,28-,29+,30-/m1/s1. The molecule has 0 aromatic heterocycles. The lowest BCUT2D eigenvalue weighted by Gasteiger charge is -2.72. The topological polar surface area (TPSA) is 57.5 Å². The number of aliphatic hydroxyl groups is 1. The summed E-state index contributed by atoms with van der Waals surface area (Å²) < 4.78 is 0. The molecule has 10 atom stereocenters. The van der Waals surface area contributed by atoms with Gasteiger partial charge in [-0.15, -0.1) is 0 Å². The average Bonchev–Trinajstić information content (AvgIpc) is 3.13. The Balaban J connectivity index is 1.57. The van der Waals surface area contributed by atoms with Gasteiger partial charge in [-0.25, -0.2) is 0 Å². The minimum Gasteiger partial charge on any atom is -0.481 e. The highest BCUT2D eigenvalue weighted by Gasteiger charge is 2.71. The molecule has 0 unspecified atom stereocenters. The number of aliphatic carboxylic acids is 1. The molecule has 0 aromatic rings. The second-order valence-electron chi connectivity index (χ2n) is 14.5. The number of hydrogen-bond donors (Lipinski definition) is 2. The molecule has 33 heavy (non-hydrogen) atoms. The Kier molecular flexibility index (Phi) is 5.15. The smallest absolute Gasteiger partial charge is 0.309 e. The molecule has 0 amide bonds. The first-order valence-corrected chi connectivity index (χ1v) is 13.8. The lowest BCUT2D eigenvalue weighted by atomic mass is 9.32. The summed E-state index contributed by atoms with van der Waals surface area (Å²) >= 11 is 0. The van der Waals surface area contributed by atoms with Gasteiger partial charge >= 0.3 is 5.97 Å². The summed E-state index contributed by atoms with van der Waals surface area (Å²) in [5, 5.41) is 21.4. The molecule has 3 heteroatoms.